The molecular formula is C24H25N3O4. The fourth-order valence-electron chi connectivity index (χ4n) is 3.57. The number of nitrogens with zero attached hydrogens (tertiary/aromatic N) is 2. The average Bonchev–Trinajstić information content (AvgIpc) is 3.08. The summed E-state index contributed by atoms with van der Waals surface area (Å²) in [5, 5.41) is 7.16. The van der Waals surface area contributed by atoms with Crippen molar-refractivity contribution in [1.29, 1.82) is 0 Å². The topological polar surface area (TPSA) is 82.5 Å². The number of hydrogen-bond donors (Lipinski definition) is 1. The van der Waals surface area contributed by atoms with Gasteiger partial charge in [0.1, 0.15) is 5.60 Å². The first-order valence-corrected chi connectivity index (χ1v) is 10.3. The highest BCUT2D eigenvalue weighted by Crippen LogP contribution is 2.41. The molecule has 0 aliphatic carbocycles. The Bertz CT molecular complexity index is 1140. The summed E-state index contributed by atoms with van der Waals surface area (Å²) in [6.07, 6.45) is 0.801. The van der Waals surface area contributed by atoms with Crippen LogP contribution in [0.15, 0.2) is 65.5 Å². The number of benzene rings is 2. The molecule has 0 fully saturated rings. The molecule has 1 amide bonds. The molecule has 7 nitrogen and oxygen atoms in total. The van der Waals surface area contributed by atoms with Crippen molar-refractivity contribution in [2.75, 3.05) is 13.2 Å². The molecule has 0 radical (unpaired) electrons. The van der Waals surface area contributed by atoms with Crippen LogP contribution in [0.1, 0.15) is 19.4 Å². The van der Waals surface area contributed by atoms with Gasteiger partial charge in [-0.2, -0.15) is 5.10 Å². The Hall–Kier alpha value is -3.61. The summed E-state index contributed by atoms with van der Waals surface area (Å²) in [6.45, 7) is 4.44. The highest BCUT2D eigenvalue weighted by Gasteiger charge is 2.32. The van der Waals surface area contributed by atoms with E-state index in [0.29, 0.717) is 17.2 Å². The molecule has 0 bridgehead atoms. The van der Waals surface area contributed by atoms with Gasteiger partial charge >= 0.3 is 0 Å². The number of rotatable bonds is 7. The number of para-hydroxylation sites is 1. The summed E-state index contributed by atoms with van der Waals surface area (Å²) in [7, 11) is 0. The molecule has 1 N–H and O–H groups in total. The van der Waals surface area contributed by atoms with Gasteiger partial charge in [0.25, 0.3) is 11.5 Å². The van der Waals surface area contributed by atoms with Crippen molar-refractivity contribution in [3.05, 3.63) is 76.6 Å². The van der Waals surface area contributed by atoms with E-state index < -0.39 is 0 Å². The lowest BCUT2D eigenvalue weighted by Gasteiger charge is -2.18. The maximum absolute atomic E-state index is 12.2. The number of amides is 1. The lowest BCUT2D eigenvalue weighted by molar-refractivity contribution is -0.123. The van der Waals surface area contributed by atoms with Crippen molar-refractivity contribution < 1.29 is 14.3 Å². The van der Waals surface area contributed by atoms with Crippen LogP contribution in [0.2, 0.25) is 0 Å². The molecule has 0 spiro atoms. The molecule has 3 aromatic rings. The minimum atomic E-state index is -0.279. The highest BCUT2D eigenvalue weighted by atomic mass is 16.5. The van der Waals surface area contributed by atoms with E-state index in [1.165, 1.54) is 10.7 Å². The van der Waals surface area contributed by atoms with Crippen molar-refractivity contribution in [3.63, 3.8) is 0 Å². The maximum atomic E-state index is 12.2. The van der Waals surface area contributed by atoms with E-state index in [1.807, 2.05) is 56.3 Å². The number of ether oxygens (including phenoxy) is 2. The third-order valence-electron chi connectivity index (χ3n) is 5.00. The zero-order chi connectivity index (χ0) is 21.8. The first-order valence-electron chi connectivity index (χ1n) is 10.3. The van der Waals surface area contributed by atoms with Crippen LogP contribution in [0, 0.1) is 0 Å². The maximum Gasteiger partial charge on any atom is 0.266 e. The fourth-order valence-corrected chi connectivity index (χ4v) is 3.57. The molecule has 0 atom stereocenters. The zero-order valence-electron chi connectivity index (χ0n) is 17.6. The molecule has 1 aliphatic heterocycles. The molecule has 0 unspecified atom stereocenters. The Kier molecular flexibility index (Phi) is 5.75. The van der Waals surface area contributed by atoms with Gasteiger partial charge in [0.05, 0.1) is 12.2 Å². The smallest absolute Gasteiger partial charge is 0.266 e. The lowest BCUT2D eigenvalue weighted by Crippen LogP contribution is -2.34. The van der Waals surface area contributed by atoms with Crippen LogP contribution in [0.3, 0.4) is 0 Å². The van der Waals surface area contributed by atoms with Crippen molar-refractivity contribution in [2.45, 2.75) is 32.4 Å². The fraction of sp³-hybridized carbons (Fsp3) is 0.292. The molecule has 1 aromatic heterocycles. The second-order valence-electron chi connectivity index (χ2n) is 8.07. The lowest BCUT2D eigenvalue weighted by atomic mass is 10.0. The third-order valence-corrected chi connectivity index (χ3v) is 5.00. The summed E-state index contributed by atoms with van der Waals surface area (Å²) < 4.78 is 13.0. The summed E-state index contributed by atoms with van der Waals surface area (Å²) in [5.41, 5.74) is 2.21. The van der Waals surface area contributed by atoms with Gasteiger partial charge in [0.15, 0.2) is 18.1 Å². The average molecular weight is 419 g/mol. The molecule has 4 rings (SSSR count). The monoisotopic (exact) mass is 419 g/mol. The summed E-state index contributed by atoms with van der Waals surface area (Å²) in [4.78, 5) is 24.3. The molecule has 7 heteroatoms. The van der Waals surface area contributed by atoms with E-state index in [-0.39, 0.29) is 36.8 Å². The van der Waals surface area contributed by atoms with Gasteiger partial charge in [0, 0.05) is 30.2 Å². The van der Waals surface area contributed by atoms with Gasteiger partial charge in [-0.1, -0.05) is 42.5 Å². The standard InChI is InChI=1S/C24H25N3O4/c1-24(2)15-18-9-6-10-20(23(18)31-24)30-16-21(28)25-13-14-27-22(29)12-11-19(26-27)17-7-4-3-5-8-17/h3-12H,13-16H2,1-2H3,(H,25,28). The highest BCUT2D eigenvalue weighted by molar-refractivity contribution is 5.77. The normalized spacial score (nSPS) is 13.9. The molecule has 2 heterocycles. The number of nitrogens with one attached hydrogen (secondary N) is 1. The minimum Gasteiger partial charge on any atom is -0.483 e. The number of aromatic nitrogens is 2. The Morgan fingerprint density at radius 1 is 1.13 bits per heavy atom. The quantitative estimate of drug-likeness (QED) is 0.637. The second kappa shape index (κ2) is 8.63. The van der Waals surface area contributed by atoms with Crippen molar-refractivity contribution in [3.8, 4) is 22.8 Å². The Labute approximate surface area is 180 Å². The van der Waals surface area contributed by atoms with Crippen LogP contribution >= 0.6 is 0 Å². The van der Waals surface area contributed by atoms with Gasteiger partial charge in [0.2, 0.25) is 0 Å². The Morgan fingerprint density at radius 3 is 2.74 bits per heavy atom. The van der Waals surface area contributed by atoms with Crippen LogP contribution in [-0.4, -0.2) is 34.4 Å². The molecular weight excluding hydrogens is 394 g/mol. The number of carbonyl (C=O) groups is 1. The van der Waals surface area contributed by atoms with Gasteiger partial charge in [-0.15, -0.1) is 0 Å². The molecule has 160 valence electrons. The zero-order valence-corrected chi connectivity index (χ0v) is 17.6. The largest absolute Gasteiger partial charge is 0.483 e. The summed E-state index contributed by atoms with van der Waals surface area (Å²) in [5.74, 6) is 0.988. The van der Waals surface area contributed by atoms with E-state index in [0.717, 1.165) is 17.5 Å². The van der Waals surface area contributed by atoms with Crippen molar-refractivity contribution in [1.82, 2.24) is 15.1 Å². The van der Waals surface area contributed by atoms with Crippen LogP contribution in [-0.2, 0) is 17.8 Å². The van der Waals surface area contributed by atoms with E-state index in [4.69, 9.17) is 9.47 Å². The number of hydrogen-bond acceptors (Lipinski definition) is 5. The van der Waals surface area contributed by atoms with Crippen LogP contribution in [0.4, 0.5) is 0 Å². The Morgan fingerprint density at radius 2 is 1.94 bits per heavy atom. The first-order chi connectivity index (χ1) is 14.9. The molecule has 2 aromatic carbocycles. The molecule has 0 saturated heterocycles. The van der Waals surface area contributed by atoms with Crippen LogP contribution in [0.5, 0.6) is 11.5 Å². The number of carbonyl (C=O) groups excluding carboxylic acids is 1. The molecule has 31 heavy (non-hydrogen) atoms. The van der Waals surface area contributed by atoms with E-state index >= 15 is 0 Å². The van der Waals surface area contributed by atoms with Crippen molar-refractivity contribution in [2.24, 2.45) is 0 Å². The van der Waals surface area contributed by atoms with E-state index in [9.17, 15) is 9.59 Å². The predicted octanol–water partition coefficient (Wildman–Crippen LogP) is 2.82. The van der Waals surface area contributed by atoms with Gasteiger partial charge in [-0.3, -0.25) is 9.59 Å². The second-order valence-corrected chi connectivity index (χ2v) is 8.07. The summed E-state index contributed by atoms with van der Waals surface area (Å²) >= 11 is 0. The summed E-state index contributed by atoms with van der Waals surface area (Å²) in [6, 6.07) is 18.5. The minimum absolute atomic E-state index is 0.132. The van der Waals surface area contributed by atoms with Gasteiger partial charge in [-0.25, -0.2) is 4.68 Å². The van der Waals surface area contributed by atoms with Crippen LogP contribution < -0.4 is 20.3 Å². The first kappa shape index (κ1) is 20.7. The molecule has 1 aliphatic rings. The van der Waals surface area contributed by atoms with E-state index in [1.54, 1.807) is 12.1 Å². The Balaban J connectivity index is 1.31. The van der Waals surface area contributed by atoms with Crippen LogP contribution in [0.25, 0.3) is 11.3 Å². The van der Waals surface area contributed by atoms with E-state index in [2.05, 4.69) is 10.4 Å². The SMILES string of the molecule is CC1(C)Cc2cccc(OCC(=O)NCCn3nc(-c4ccccc4)ccc3=O)c2O1. The van der Waals surface area contributed by atoms with Crippen molar-refractivity contribution >= 4 is 5.91 Å². The number of fused-ring (bicyclic) bond motifs is 1. The molecule has 0 saturated carbocycles. The van der Waals surface area contributed by atoms with Gasteiger partial charge in [-0.05, 0) is 26.0 Å². The predicted molar refractivity (Wildman–Crippen MR) is 117 cm³/mol. The third kappa shape index (κ3) is 4.94. The van der Waals surface area contributed by atoms with Gasteiger partial charge < -0.3 is 14.8 Å².